The van der Waals surface area contributed by atoms with Gasteiger partial charge in [-0.05, 0) is 6.07 Å². The molecule has 1 rings (SSSR count). The quantitative estimate of drug-likeness (QED) is 0.596. The molecule has 1 aromatic carbocycles. The van der Waals surface area contributed by atoms with Gasteiger partial charge in [-0.2, -0.15) is 49.1 Å². The van der Waals surface area contributed by atoms with Crippen molar-refractivity contribution >= 4 is 5.69 Å². The van der Waals surface area contributed by atoms with Crippen LogP contribution in [0.4, 0.5) is 49.6 Å². The number of rotatable bonds is 5. The maximum atomic E-state index is 12.8. The van der Waals surface area contributed by atoms with Crippen LogP contribution in [-0.4, -0.2) is 29.8 Å². The molecule has 144 valence electrons. The van der Waals surface area contributed by atoms with Gasteiger partial charge < -0.3 is 14.7 Å². The van der Waals surface area contributed by atoms with Crippen LogP contribution in [-0.2, 0) is 0 Å². The molecular formula is C10H5F10NO4. The number of nitrogens with one attached hydrogen (secondary N) is 1. The van der Waals surface area contributed by atoms with Gasteiger partial charge in [0.15, 0.2) is 5.75 Å². The maximum Gasteiger partial charge on any atom is 0.499 e. The van der Waals surface area contributed by atoms with Crippen molar-refractivity contribution in [2.24, 2.45) is 0 Å². The molecular weight excluding hydrogens is 388 g/mol. The second kappa shape index (κ2) is 6.38. The van der Waals surface area contributed by atoms with E-state index in [1.807, 2.05) is 0 Å². The van der Waals surface area contributed by atoms with Crippen molar-refractivity contribution in [3.63, 3.8) is 0 Å². The van der Waals surface area contributed by atoms with Gasteiger partial charge >= 0.3 is 24.6 Å². The summed E-state index contributed by atoms with van der Waals surface area (Å²) in [4.78, 5) is 0. The lowest BCUT2D eigenvalue weighted by Gasteiger charge is -2.24. The molecule has 2 N–H and O–H groups in total. The largest absolute Gasteiger partial charge is 0.595 e. The summed E-state index contributed by atoms with van der Waals surface area (Å²) in [6, 6.07) is 0.0519. The van der Waals surface area contributed by atoms with Crippen LogP contribution in [0, 0.1) is 5.21 Å². The third-order valence-corrected chi connectivity index (χ3v) is 2.33. The van der Waals surface area contributed by atoms with Gasteiger partial charge in [0, 0.05) is 12.1 Å². The van der Waals surface area contributed by atoms with E-state index < -0.39 is 47.0 Å². The molecule has 0 aliphatic rings. The number of halogens is 10. The van der Waals surface area contributed by atoms with Crippen molar-refractivity contribution in [3.05, 3.63) is 23.4 Å². The average Bonchev–Trinajstić information content (AvgIpc) is 2.34. The standard InChI is InChI=1S/C10H5F10NO4/c11-7(12,13)9(17,18)24-4-1-2-5(21(22)23)6(3-4)25-10(19,20)8(14,15)16/h1-3,21-22H. The monoisotopic (exact) mass is 393 g/mol. The highest BCUT2D eigenvalue weighted by molar-refractivity contribution is 5.50. The molecule has 1 unspecified atom stereocenters. The molecule has 1 atom stereocenters. The fourth-order valence-electron chi connectivity index (χ4n) is 1.23. The molecule has 0 amide bonds. The predicted octanol–water partition coefficient (Wildman–Crippen LogP) is 3.16. The van der Waals surface area contributed by atoms with Gasteiger partial charge in [0.1, 0.15) is 5.75 Å². The molecule has 0 fully saturated rings. The molecule has 0 radical (unpaired) electrons. The Morgan fingerprint density at radius 1 is 0.800 bits per heavy atom. The van der Waals surface area contributed by atoms with Crippen molar-refractivity contribution in [2.75, 3.05) is 0 Å². The third kappa shape index (κ3) is 4.76. The topological polar surface area (TPSA) is 66.2 Å². The third-order valence-electron chi connectivity index (χ3n) is 2.33. The highest BCUT2D eigenvalue weighted by atomic mass is 19.4. The first-order valence-electron chi connectivity index (χ1n) is 5.62. The lowest BCUT2D eigenvalue weighted by atomic mass is 10.2. The number of hydrogen-bond donors (Lipinski definition) is 2. The lowest BCUT2D eigenvalue weighted by Crippen LogP contribution is -2.99. The molecule has 1 aromatic rings. The summed E-state index contributed by atoms with van der Waals surface area (Å²) in [5, 5.41) is 17.3. The van der Waals surface area contributed by atoms with Crippen LogP contribution in [0.5, 0.6) is 11.5 Å². The van der Waals surface area contributed by atoms with E-state index in [0.29, 0.717) is 0 Å². The Balaban J connectivity index is 3.28. The molecule has 0 heterocycles. The Bertz CT molecular complexity index is 613. The van der Waals surface area contributed by atoms with Gasteiger partial charge in [-0.25, -0.2) is 5.21 Å². The average molecular weight is 393 g/mol. The molecule has 0 aliphatic carbocycles. The minimum atomic E-state index is -6.32. The molecule has 5 nitrogen and oxygen atoms in total. The van der Waals surface area contributed by atoms with Crippen LogP contribution < -0.4 is 14.7 Å². The minimum Gasteiger partial charge on any atom is -0.595 e. The highest BCUT2D eigenvalue weighted by Crippen LogP contribution is 2.42. The van der Waals surface area contributed by atoms with E-state index in [9.17, 15) is 49.1 Å². The number of benzene rings is 1. The molecule has 0 saturated carbocycles. The van der Waals surface area contributed by atoms with Crippen molar-refractivity contribution in [3.8, 4) is 11.5 Å². The second-order valence-electron chi connectivity index (χ2n) is 4.20. The van der Waals surface area contributed by atoms with Crippen molar-refractivity contribution in [1.82, 2.24) is 0 Å². The first kappa shape index (κ1) is 21.0. The molecule has 25 heavy (non-hydrogen) atoms. The van der Waals surface area contributed by atoms with Crippen molar-refractivity contribution in [1.29, 1.82) is 0 Å². The Labute approximate surface area is 130 Å². The Hall–Kier alpha value is -2.00. The van der Waals surface area contributed by atoms with Crippen molar-refractivity contribution in [2.45, 2.75) is 24.6 Å². The summed E-state index contributed by atoms with van der Waals surface area (Å²) in [6.45, 7) is 0. The molecule has 0 saturated heterocycles. The Morgan fingerprint density at radius 2 is 1.24 bits per heavy atom. The van der Waals surface area contributed by atoms with Gasteiger partial charge in [0.05, 0.1) is 0 Å². The SMILES string of the molecule is [O-][NH+](O)c1ccc(OC(F)(F)C(F)(F)F)cc1OC(F)(F)C(F)(F)F. The maximum absolute atomic E-state index is 12.8. The van der Waals surface area contributed by atoms with E-state index in [0.717, 1.165) is 0 Å². The highest BCUT2D eigenvalue weighted by Gasteiger charge is 2.62. The fourth-order valence-corrected chi connectivity index (χ4v) is 1.23. The number of alkyl halides is 10. The van der Waals surface area contributed by atoms with E-state index in [1.54, 1.807) is 0 Å². The van der Waals surface area contributed by atoms with Crippen LogP contribution in [0.1, 0.15) is 0 Å². The van der Waals surface area contributed by atoms with Crippen molar-refractivity contribution < 1.29 is 63.8 Å². The number of hydrogen-bond acceptors (Lipinski definition) is 4. The lowest BCUT2D eigenvalue weighted by molar-refractivity contribution is -0.991. The van der Waals surface area contributed by atoms with E-state index in [4.69, 9.17) is 5.21 Å². The van der Waals surface area contributed by atoms with Crippen LogP contribution in [0.2, 0.25) is 0 Å². The molecule has 0 spiro atoms. The molecule has 0 bridgehead atoms. The predicted molar refractivity (Wildman–Crippen MR) is 55.5 cm³/mol. The van der Waals surface area contributed by atoms with Gasteiger partial charge in [0.25, 0.3) is 0 Å². The van der Waals surface area contributed by atoms with Gasteiger partial charge in [-0.3, -0.25) is 0 Å². The summed E-state index contributed by atoms with van der Waals surface area (Å²) in [5.41, 5.74) is -1.37. The van der Waals surface area contributed by atoms with E-state index in [1.165, 1.54) is 0 Å². The van der Waals surface area contributed by atoms with Gasteiger partial charge in [0.2, 0.25) is 5.69 Å². The minimum absolute atomic E-state index is 0.145. The number of ether oxygens (including phenoxy) is 2. The second-order valence-corrected chi connectivity index (χ2v) is 4.20. The van der Waals surface area contributed by atoms with E-state index in [-0.39, 0.29) is 18.2 Å². The normalized spacial score (nSPS) is 15.0. The van der Waals surface area contributed by atoms with Gasteiger partial charge in [-0.15, -0.1) is 0 Å². The molecule has 15 heteroatoms. The molecule has 0 aromatic heterocycles. The van der Waals surface area contributed by atoms with Crippen LogP contribution in [0.25, 0.3) is 0 Å². The fraction of sp³-hybridized carbons (Fsp3) is 0.400. The van der Waals surface area contributed by atoms with Crippen LogP contribution >= 0.6 is 0 Å². The summed E-state index contributed by atoms with van der Waals surface area (Å²) in [7, 11) is 0. The first-order chi connectivity index (χ1) is 11.0. The molecule has 0 aliphatic heterocycles. The van der Waals surface area contributed by atoms with Crippen LogP contribution in [0.15, 0.2) is 18.2 Å². The zero-order valence-electron chi connectivity index (χ0n) is 11.2. The van der Waals surface area contributed by atoms with Gasteiger partial charge in [-0.1, -0.05) is 0 Å². The van der Waals surface area contributed by atoms with E-state index >= 15 is 0 Å². The zero-order valence-corrected chi connectivity index (χ0v) is 11.2. The summed E-state index contributed by atoms with van der Waals surface area (Å²) in [6.07, 6.45) is -24.4. The van der Waals surface area contributed by atoms with Crippen LogP contribution in [0.3, 0.4) is 0 Å². The summed E-state index contributed by atoms with van der Waals surface area (Å²) < 4.78 is 129. The summed E-state index contributed by atoms with van der Waals surface area (Å²) >= 11 is 0. The zero-order chi connectivity index (χ0) is 19.8. The summed E-state index contributed by atoms with van der Waals surface area (Å²) in [5.74, 6) is -3.41. The number of quaternary nitrogens is 1. The first-order valence-corrected chi connectivity index (χ1v) is 5.62. The van der Waals surface area contributed by atoms with E-state index in [2.05, 4.69) is 9.47 Å². The smallest absolute Gasteiger partial charge is 0.499 e. The Morgan fingerprint density at radius 3 is 1.64 bits per heavy atom. The Kier molecular flexibility index (Phi) is 5.37.